The number of rotatable bonds is 3. The molecular formula is C16H12N2O3. The van der Waals surface area contributed by atoms with Crippen LogP contribution in [0.3, 0.4) is 0 Å². The molecule has 0 fully saturated rings. The average molecular weight is 280 g/mol. The Bertz CT molecular complexity index is 831. The van der Waals surface area contributed by atoms with Gasteiger partial charge < -0.3 is 9.84 Å². The number of aromatic nitrogens is 2. The summed E-state index contributed by atoms with van der Waals surface area (Å²) in [7, 11) is 0. The van der Waals surface area contributed by atoms with E-state index >= 15 is 0 Å². The van der Waals surface area contributed by atoms with E-state index in [0.717, 1.165) is 16.5 Å². The maximum atomic E-state index is 11.0. The highest BCUT2D eigenvalue weighted by atomic mass is 16.5. The van der Waals surface area contributed by atoms with Gasteiger partial charge in [-0.15, -0.1) is 5.10 Å². The second-order valence-electron chi connectivity index (χ2n) is 4.57. The third-order valence-electron chi connectivity index (χ3n) is 3.13. The van der Waals surface area contributed by atoms with Crippen LogP contribution in [0, 0.1) is 6.92 Å². The number of fused-ring (bicyclic) bond motifs is 1. The fourth-order valence-corrected chi connectivity index (χ4v) is 2.09. The van der Waals surface area contributed by atoms with Crippen LogP contribution in [0.5, 0.6) is 11.6 Å². The first-order chi connectivity index (χ1) is 10.1. The summed E-state index contributed by atoms with van der Waals surface area (Å²) in [6.45, 7) is 1.88. The molecule has 0 aliphatic rings. The molecule has 0 saturated heterocycles. The fourth-order valence-electron chi connectivity index (χ4n) is 2.09. The van der Waals surface area contributed by atoms with E-state index in [-0.39, 0.29) is 5.56 Å². The number of nitrogens with zero attached hydrogens (tertiary/aromatic N) is 2. The van der Waals surface area contributed by atoms with E-state index in [2.05, 4.69) is 10.2 Å². The van der Waals surface area contributed by atoms with Gasteiger partial charge in [0.05, 0.1) is 11.3 Å². The molecule has 1 N–H and O–H groups in total. The first-order valence-corrected chi connectivity index (χ1v) is 6.38. The number of hydrogen-bond acceptors (Lipinski definition) is 4. The number of ether oxygens (including phenoxy) is 1. The normalized spacial score (nSPS) is 10.5. The summed E-state index contributed by atoms with van der Waals surface area (Å²) in [5.41, 5.74) is 0.981. The smallest absolute Gasteiger partial charge is 0.335 e. The van der Waals surface area contributed by atoms with Gasteiger partial charge in [-0.2, -0.15) is 5.10 Å². The molecule has 0 saturated carbocycles. The molecule has 0 atom stereocenters. The first-order valence-electron chi connectivity index (χ1n) is 6.38. The van der Waals surface area contributed by atoms with Gasteiger partial charge in [0.15, 0.2) is 0 Å². The summed E-state index contributed by atoms with van der Waals surface area (Å²) in [5.74, 6) is -0.225. The predicted octanol–water partition coefficient (Wildman–Crippen LogP) is 3.43. The molecule has 2 aromatic carbocycles. The van der Waals surface area contributed by atoms with Gasteiger partial charge in [0.25, 0.3) is 0 Å². The Labute approximate surface area is 120 Å². The van der Waals surface area contributed by atoms with Crippen molar-refractivity contribution in [2.75, 3.05) is 0 Å². The molecule has 0 aliphatic carbocycles. The molecule has 5 heteroatoms. The van der Waals surface area contributed by atoms with Gasteiger partial charge in [0.2, 0.25) is 5.88 Å². The highest BCUT2D eigenvalue weighted by Crippen LogP contribution is 2.28. The van der Waals surface area contributed by atoms with Crippen LogP contribution in [0.4, 0.5) is 0 Å². The van der Waals surface area contributed by atoms with Crippen molar-refractivity contribution in [2.24, 2.45) is 0 Å². The van der Waals surface area contributed by atoms with E-state index in [0.29, 0.717) is 11.6 Å². The molecule has 0 unspecified atom stereocenters. The summed E-state index contributed by atoms with van der Waals surface area (Å²) in [5, 5.41) is 18.9. The van der Waals surface area contributed by atoms with E-state index in [1.54, 1.807) is 12.1 Å². The van der Waals surface area contributed by atoms with Crippen molar-refractivity contribution >= 4 is 16.7 Å². The molecule has 0 bridgehead atoms. The average Bonchev–Trinajstić information content (AvgIpc) is 2.51. The van der Waals surface area contributed by atoms with Crippen molar-refractivity contribution in [1.82, 2.24) is 10.2 Å². The molecule has 104 valence electrons. The Kier molecular flexibility index (Phi) is 3.23. The summed E-state index contributed by atoms with van der Waals surface area (Å²) < 4.78 is 5.70. The van der Waals surface area contributed by atoms with Crippen LogP contribution < -0.4 is 4.74 Å². The molecule has 0 spiro atoms. The van der Waals surface area contributed by atoms with Crippen molar-refractivity contribution in [3.63, 3.8) is 0 Å². The highest BCUT2D eigenvalue weighted by molar-refractivity contribution is 5.89. The van der Waals surface area contributed by atoms with Crippen LogP contribution in [-0.2, 0) is 0 Å². The number of aryl methyl sites for hydroxylation is 1. The monoisotopic (exact) mass is 280 g/mol. The topological polar surface area (TPSA) is 72.3 Å². The van der Waals surface area contributed by atoms with Crippen LogP contribution in [0.15, 0.2) is 48.5 Å². The molecule has 1 aromatic heterocycles. The zero-order valence-corrected chi connectivity index (χ0v) is 11.3. The minimum atomic E-state index is -1.000. The summed E-state index contributed by atoms with van der Waals surface area (Å²) >= 11 is 0. The third kappa shape index (κ3) is 2.53. The van der Waals surface area contributed by atoms with Crippen LogP contribution in [0.1, 0.15) is 16.1 Å². The van der Waals surface area contributed by atoms with Crippen molar-refractivity contribution < 1.29 is 14.6 Å². The minimum Gasteiger partial charge on any atom is -0.478 e. The largest absolute Gasteiger partial charge is 0.478 e. The van der Waals surface area contributed by atoms with E-state index in [9.17, 15) is 4.79 Å². The standard InChI is InChI=1S/C16H12N2O3/c1-10-13-7-2-3-8-14(13)15(18-17-10)21-12-6-4-5-11(9-12)16(19)20/h2-9H,1H3,(H,19,20). The fraction of sp³-hybridized carbons (Fsp3) is 0.0625. The summed E-state index contributed by atoms with van der Waals surface area (Å²) in [4.78, 5) is 11.0. The van der Waals surface area contributed by atoms with E-state index in [4.69, 9.17) is 9.84 Å². The maximum absolute atomic E-state index is 11.0. The lowest BCUT2D eigenvalue weighted by Crippen LogP contribution is -1.98. The highest BCUT2D eigenvalue weighted by Gasteiger charge is 2.10. The Hall–Kier alpha value is -2.95. The van der Waals surface area contributed by atoms with Crippen LogP contribution in [0.2, 0.25) is 0 Å². The Morgan fingerprint density at radius 3 is 2.57 bits per heavy atom. The lowest BCUT2D eigenvalue weighted by Gasteiger charge is -2.08. The molecule has 3 aromatic rings. The van der Waals surface area contributed by atoms with Gasteiger partial charge in [0.1, 0.15) is 5.75 Å². The minimum absolute atomic E-state index is 0.164. The van der Waals surface area contributed by atoms with Crippen molar-refractivity contribution in [1.29, 1.82) is 0 Å². The molecule has 1 heterocycles. The second kappa shape index (κ2) is 5.20. The number of carbonyl (C=O) groups is 1. The van der Waals surface area contributed by atoms with Crippen LogP contribution in [-0.4, -0.2) is 21.3 Å². The van der Waals surface area contributed by atoms with E-state index < -0.39 is 5.97 Å². The van der Waals surface area contributed by atoms with Gasteiger partial charge in [-0.05, 0) is 31.2 Å². The molecule has 3 rings (SSSR count). The molecule has 0 radical (unpaired) electrons. The van der Waals surface area contributed by atoms with Crippen LogP contribution >= 0.6 is 0 Å². The van der Waals surface area contributed by atoms with Gasteiger partial charge in [-0.1, -0.05) is 24.3 Å². The first kappa shape index (κ1) is 13.1. The number of aromatic carboxylic acids is 1. The second-order valence-corrected chi connectivity index (χ2v) is 4.57. The van der Waals surface area contributed by atoms with Gasteiger partial charge in [-0.3, -0.25) is 0 Å². The molecule has 0 amide bonds. The SMILES string of the molecule is Cc1nnc(Oc2cccc(C(=O)O)c2)c2ccccc12. The lowest BCUT2D eigenvalue weighted by atomic mass is 10.1. The Morgan fingerprint density at radius 2 is 1.81 bits per heavy atom. The third-order valence-corrected chi connectivity index (χ3v) is 3.13. The zero-order valence-electron chi connectivity index (χ0n) is 11.3. The van der Waals surface area contributed by atoms with Crippen LogP contribution in [0.25, 0.3) is 10.8 Å². The predicted molar refractivity (Wildman–Crippen MR) is 77.8 cm³/mol. The van der Waals surface area contributed by atoms with Crippen molar-refractivity contribution in [3.05, 3.63) is 59.8 Å². The Balaban J connectivity index is 2.04. The maximum Gasteiger partial charge on any atom is 0.335 e. The quantitative estimate of drug-likeness (QED) is 0.795. The summed E-state index contributed by atoms with van der Waals surface area (Å²) in [6, 6.07) is 13.9. The molecule has 21 heavy (non-hydrogen) atoms. The van der Waals surface area contributed by atoms with E-state index in [1.165, 1.54) is 12.1 Å². The van der Waals surface area contributed by atoms with E-state index in [1.807, 2.05) is 31.2 Å². The number of hydrogen-bond donors (Lipinski definition) is 1. The van der Waals surface area contributed by atoms with Crippen molar-refractivity contribution in [2.45, 2.75) is 6.92 Å². The van der Waals surface area contributed by atoms with Crippen molar-refractivity contribution in [3.8, 4) is 11.6 Å². The zero-order chi connectivity index (χ0) is 14.8. The number of carboxylic acids is 1. The Morgan fingerprint density at radius 1 is 1.05 bits per heavy atom. The molecule has 0 aliphatic heterocycles. The number of carboxylic acid groups (broad SMARTS) is 1. The van der Waals surface area contributed by atoms with Gasteiger partial charge in [0, 0.05) is 10.8 Å². The van der Waals surface area contributed by atoms with Gasteiger partial charge >= 0.3 is 5.97 Å². The lowest BCUT2D eigenvalue weighted by molar-refractivity contribution is 0.0696. The number of benzene rings is 2. The van der Waals surface area contributed by atoms with Gasteiger partial charge in [-0.25, -0.2) is 4.79 Å². The molecule has 5 nitrogen and oxygen atoms in total. The summed E-state index contributed by atoms with van der Waals surface area (Å²) in [6.07, 6.45) is 0. The molecular weight excluding hydrogens is 268 g/mol.